The van der Waals surface area contributed by atoms with Crippen molar-refractivity contribution in [1.82, 2.24) is 10.9 Å². The van der Waals surface area contributed by atoms with Crippen LogP contribution in [0.3, 0.4) is 0 Å². The SMILES string of the molecule is CCc1cccc(NC(=S)NNC(=O)COc2ccccc2-c2ccccc2)c1. The fraction of sp³-hybridized carbons (Fsp3) is 0.130. The highest BCUT2D eigenvalue weighted by Gasteiger charge is 2.08. The van der Waals surface area contributed by atoms with Crippen molar-refractivity contribution in [3.8, 4) is 16.9 Å². The number of carbonyl (C=O) groups excluding carboxylic acids is 1. The largest absolute Gasteiger partial charge is 0.483 e. The molecule has 0 radical (unpaired) electrons. The number of thiocarbonyl (C=S) groups is 1. The molecule has 29 heavy (non-hydrogen) atoms. The Kier molecular flexibility index (Phi) is 7.19. The molecule has 3 aromatic rings. The van der Waals surface area contributed by atoms with Gasteiger partial charge in [0.1, 0.15) is 5.75 Å². The maximum atomic E-state index is 12.1. The molecule has 3 aromatic carbocycles. The van der Waals surface area contributed by atoms with E-state index in [1.54, 1.807) is 0 Å². The minimum absolute atomic E-state index is 0.134. The molecule has 3 N–H and O–H groups in total. The van der Waals surface area contributed by atoms with Crippen LogP contribution < -0.4 is 20.9 Å². The van der Waals surface area contributed by atoms with E-state index in [1.165, 1.54) is 5.56 Å². The van der Waals surface area contributed by atoms with Gasteiger partial charge in [-0.25, -0.2) is 0 Å². The highest BCUT2D eigenvalue weighted by atomic mass is 32.1. The molecule has 148 valence electrons. The number of anilines is 1. The van der Waals surface area contributed by atoms with Crippen molar-refractivity contribution in [2.75, 3.05) is 11.9 Å². The van der Waals surface area contributed by atoms with Gasteiger partial charge in [0.25, 0.3) is 5.91 Å². The van der Waals surface area contributed by atoms with Gasteiger partial charge in [-0.3, -0.25) is 15.6 Å². The number of hydrazine groups is 1. The molecule has 6 heteroatoms. The van der Waals surface area contributed by atoms with Gasteiger partial charge in [-0.1, -0.05) is 67.6 Å². The Morgan fingerprint density at radius 3 is 2.48 bits per heavy atom. The van der Waals surface area contributed by atoms with Crippen molar-refractivity contribution in [3.63, 3.8) is 0 Å². The lowest BCUT2D eigenvalue weighted by Crippen LogP contribution is -2.45. The minimum Gasteiger partial charge on any atom is -0.483 e. The van der Waals surface area contributed by atoms with E-state index in [-0.39, 0.29) is 12.5 Å². The summed E-state index contributed by atoms with van der Waals surface area (Å²) >= 11 is 5.22. The van der Waals surface area contributed by atoms with Gasteiger partial charge in [0.05, 0.1) is 0 Å². The van der Waals surface area contributed by atoms with Crippen LogP contribution in [-0.4, -0.2) is 17.6 Å². The molecule has 0 aliphatic heterocycles. The highest BCUT2D eigenvalue weighted by molar-refractivity contribution is 7.80. The van der Waals surface area contributed by atoms with Crippen LogP contribution in [-0.2, 0) is 11.2 Å². The van der Waals surface area contributed by atoms with E-state index in [2.05, 4.69) is 23.1 Å². The number of hydrogen-bond donors (Lipinski definition) is 3. The summed E-state index contributed by atoms with van der Waals surface area (Å²) in [7, 11) is 0. The van der Waals surface area contributed by atoms with Gasteiger partial charge in [0, 0.05) is 11.3 Å². The third-order valence-corrected chi connectivity index (χ3v) is 4.44. The molecule has 0 fully saturated rings. The number of para-hydroxylation sites is 1. The van der Waals surface area contributed by atoms with E-state index >= 15 is 0 Å². The van der Waals surface area contributed by atoms with Crippen LogP contribution in [0.1, 0.15) is 12.5 Å². The second-order valence-electron chi connectivity index (χ2n) is 6.33. The summed E-state index contributed by atoms with van der Waals surface area (Å²) in [6.07, 6.45) is 0.939. The van der Waals surface area contributed by atoms with E-state index < -0.39 is 0 Å². The molecule has 0 saturated carbocycles. The number of benzene rings is 3. The number of hydrogen-bond acceptors (Lipinski definition) is 3. The standard InChI is InChI=1S/C23H23N3O2S/c1-2-17-9-8-12-19(15-17)24-23(29)26-25-22(27)16-28-21-14-7-6-13-20(21)18-10-4-3-5-11-18/h3-15H,2,16H2,1H3,(H,25,27)(H2,24,26,29). The van der Waals surface area contributed by atoms with E-state index in [1.807, 2.05) is 78.9 Å². The van der Waals surface area contributed by atoms with E-state index in [4.69, 9.17) is 17.0 Å². The van der Waals surface area contributed by atoms with Crippen molar-refractivity contribution in [3.05, 3.63) is 84.4 Å². The zero-order chi connectivity index (χ0) is 20.5. The number of nitrogens with one attached hydrogen (secondary N) is 3. The van der Waals surface area contributed by atoms with Gasteiger partial charge in [-0.05, 0) is 48.0 Å². The van der Waals surface area contributed by atoms with Crippen molar-refractivity contribution in [1.29, 1.82) is 0 Å². The Morgan fingerprint density at radius 1 is 0.931 bits per heavy atom. The third-order valence-electron chi connectivity index (χ3n) is 4.24. The summed E-state index contributed by atoms with van der Waals surface area (Å²) in [5.74, 6) is 0.310. The first-order valence-corrected chi connectivity index (χ1v) is 9.78. The topological polar surface area (TPSA) is 62.4 Å². The zero-order valence-corrected chi connectivity index (χ0v) is 17.0. The van der Waals surface area contributed by atoms with Gasteiger partial charge in [-0.15, -0.1) is 0 Å². The van der Waals surface area contributed by atoms with Crippen LogP contribution in [0.15, 0.2) is 78.9 Å². The van der Waals surface area contributed by atoms with Crippen molar-refractivity contribution >= 4 is 28.9 Å². The molecule has 0 spiro atoms. The molecule has 0 unspecified atom stereocenters. The molecule has 0 bridgehead atoms. The molecule has 5 nitrogen and oxygen atoms in total. The quantitative estimate of drug-likeness (QED) is 0.421. The van der Waals surface area contributed by atoms with Gasteiger partial charge >= 0.3 is 0 Å². The molecule has 0 aliphatic carbocycles. The number of aryl methyl sites for hydroxylation is 1. The lowest BCUT2D eigenvalue weighted by Gasteiger charge is -2.14. The maximum absolute atomic E-state index is 12.1. The van der Waals surface area contributed by atoms with E-state index in [0.717, 1.165) is 23.2 Å². The van der Waals surface area contributed by atoms with E-state index in [9.17, 15) is 4.79 Å². The van der Waals surface area contributed by atoms with Crippen LogP contribution in [0, 0.1) is 0 Å². The van der Waals surface area contributed by atoms with Crippen LogP contribution in [0.25, 0.3) is 11.1 Å². The van der Waals surface area contributed by atoms with Gasteiger partial charge in [-0.2, -0.15) is 0 Å². The predicted molar refractivity (Wildman–Crippen MR) is 121 cm³/mol. The fourth-order valence-corrected chi connectivity index (χ4v) is 2.95. The summed E-state index contributed by atoms with van der Waals surface area (Å²) in [4.78, 5) is 12.1. The van der Waals surface area contributed by atoms with Crippen LogP contribution in [0.5, 0.6) is 5.75 Å². The lowest BCUT2D eigenvalue weighted by atomic mass is 10.1. The second kappa shape index (κ2) is 10.2. The molecule has 0 saturated heterocycles. The molecular formula is C23H23N3O2S. The predicted octanol–water partition coefficient (Wildman–Crippen LogP) is 4.31. The molecule has 0 aliphatic rings. The average molecular weight is 406 g/mol. The number of amides is 1. The Labute approximate surface area is 176 Å². The normalized spacial score (nSPS) is 10.1. The van der Waals surface area contributed by atoms with Gasteiger partial charge in [0.2, 0.25) is 0 Å². The highest BCUT2D eigenvalue weighted by Crippen LogP contribution is 2.29. The number of carbonyl (C=O) groups is 1. The number of ether oxygens (including phenoxy) is 1. The van der Waals surface area contributed by atoms with Crippen LogP contribution >= 0.6 is 12.2 Å². The Bertz CT molecular complexity index is 977. The first-order chi connectivity index (χ1) is 14.2. The third kappa shape index (κ3) is 6.05. The second-order valence-corrected chi connectivity index (χ2v) is 6.74. The van der Waals surface area contributed by atoms with Crippen LogP contribution in [0.4, 0.5) is 5.69 Å². The molecule has 3 rings (SSSR count). The summed E-state index contributed by atoms with van der Waals surface area (Å²) in [5.41, 5.74) is 9.26. The Hall–Kier alpha value is -3.38. The van der Waals surface area contributed by atoms with Crippen molar-refractivity contribution in [2.24, 2.45) is 0 Å². The monoisotopic (exact) mass is 405 g/mol. The van der Waals surface area contributed by atoms with Crippen molar-refractivity contribution < 1.29 is 9.53 Å². The molecule has 0 heterocycles. The Morgan fingerprint density at radius 2 is 1.69 bits per heavy atom. The summed E-state index contributed by atoms with van der Waals surface area (Å²) < 4.78 is 5.72. The molecule has 1 amide bonds. The summed E-state index contributed by atoms with van der Waals surface area (Å²) in [6.45, 7) is 1.95. The first-order valence-electron chi connectivity index (χ1n) is 9.37. The maximum Gasteiger partial charge on any atom is 0.276 e. The smallest absolute Gasteiger partial charge is 0.276 e. The summed E-state index contributed by atoms with van der Waals surface area (Å²) in [6, 6.07) is 25.5. The van der Waals surface area contributed by atoms with E-state index in [0.29, 0.717) is 10.9 Å². The van der Waals surface area contributed by atoms with Gasteiger partial charge < -0.3 is 10.1 Å². The van der Waals surface area contributed by atoms with Gasteiger partial charge in [0.15, 0.2) is 11.7 Å². The summed E-state index contributed by atoms with van der Waals surface area (Å²) in [5, 5.41) is 3.34. The lowest BCUT2D eigenvalue weighted by molar-refractivity contribution is -0.123. The van der Waals surface area contributed by atoms with Crippen LogP contribution in [0.2, 0.25) is 0 Å². The number of rotatable bonds is 6. The zero-order valence-electron chi connectivity index (χ0n) is 16.1. The molecular weight excluding hydrogens is 382 g/mol. The Balaban J connectivity index is 1.50. The van der Waals surface area contributed by atoms with Crippen molar-refractivity contribution in [2.45, 2.75) is 13.3 Å². The first kappa shape index (κ1) is 20.4. The average Bonchev–Trinajstić information content (AvgIpc) is 2.77. The minimum atomic E-state index is -0.334. The molecule has 0 atom stereocenters. The molecule has 0 aromatic heterocycles. The fourth-order valence-electron chi connectivity index (χ4n) is 2.79.